The summed E-state index contributed by atoms with van der Waals surface area (Å²) < 4.78 is 0. The van der Waals surface area contributed by atoms with Gasteiger partial charge in [-0.15, -0.1) is 0 Å². The van der Waals surface area contributed by atoms with E-state index >= 15 is 0 Å². The van der Waals surface area contributed by atoms with Gasteiger partial charge in [-0.25, -0.2) is 0 Å². The van der Waals surface area contributed by atoms with Crippen LogP contribution in [0.3, 0.4) is 0 Å². The second-order valence-electron chi connectivity index (χ2n) is 13.9. The largest absolute Gasteiger partial charge is 0.356 e. The SMILES string of the molecule is CCCCCCCCCCCCCCCCCCC1N(CCCCCCCCCCCCCCC)C=CN1C(C)C. The molecule has 0 saturated carbocycles. The summed E-state index contributed by atoms with van der Waals surface area (Å²) in [7, 11) is 0. The molecule has 1 heterocycles. The van der Waals surface area contributed by atoms with Gasteiger partial charge in [0, 0.05) is 25.0 Å². The maximum Gasteiger partial charge on any atom is 0.101 e. The highest BCUT2D eigenvalue weighted by Crippen LogP contribution is 2.25. The molecule has 1 atom stereocenters. The molecule has 1 rings (SSSR count). The zero-order chi connectivity index (χ0) is 29.6. The first-order valence-corrected chi connectivity index (χ1v) is 19.4. The minimum Gasteiger partial charge on any atom is -0.356 e. The molecule has 41 heavy (non-hydrogen) atoms. The molecule has 0 aromatic carbocycles. The van der Waals surface area contributed by atoms with E-state index in [1.54, 1.807) is 0 Å². The smallest absolute Gasteiger partial charge is 0.101 e. The van der Waals surface area contributed by atoms with Crippen LogP contribution in [0.25, 0.3) is 0 Å². The van der Waals surface area contributed by atoms with Crippen LogP contribution in [0.2, 0.25) is 0 Å². The lowest BCUT2D eigenvalue weighted by molar-refractivity contribution is 0.114. The van der Waals surface area contributed by atoms with E-state index in [2.05, 4.69) is 49.9 Å². The van der Waals surface area contributed by atoms with Crippen LogP contribution < -0.4 is 0 Å². The van der Waals surface area contributed by atoms with E-state index < -0.39 is 0 Å². The fraction of sp³-hybridized carbons (Fsp3) is 0.949. The summed E-state index contributed by atoms with van der Waals surface area (Å²) in [6.07, 6.45) is 48.7. The number of hydrogen-bond acceptors (Lipinski definition) is 2. The minimum absolute atomic E-state index is 0.606. The number of rotatable bonds is 32. The first kappa shape index (κ1) is 38.4. The van der Waals surface area contributed by atoms with Crippen molar-refractivity contribution in [1.82, 2.24) is 9.80 Å². The Morgan fingerprint density at radius 3 is 1.07 bits per heavy atom. The molecular formula is C39H78N2. The average Bonchev–Trinajstić information content (AvgIpc) is 3.38. The summed E-state index contributed by atoms with van der Waals surface area (Å²) in [6.45, 7) is 10.6. The fourth-order valence-electron chi connectivity index (χ4n) is 6.77. The molecule has 1 aliphatic rings. The lowest BCUT2D eigenvalue weighted by Crippen LogP contribution is -2.42. The second kappa shape index (κ2) is 29.4. The molecule has 0 bridgehead atoms. The summed E-state index contributed by atoms with van der Waals surface area (Å²) in [4.78, 5) is 5.29. The summed E-state index contributed by atoms with van der Waals surface area (Å²) in [5.74, 6) is 0. The van der Waals surface area contributed by atoms with E-state index in [1.807, 2.05) is 0 Å². The molecule has 0 aromatic rings. The van der Waals surface area contributed by atoms with Gasteiger partial charge in [0.25, 0.3) is 0 Å². The number of unbranched alkanes of at least 4 members (excludes halogenated alkanes) is 27. The topological polar surface area (TPSA) is 6.48 Å². The van der Waals surface area contributed by atoms with Crippen molar-refractivity contribution in [2.75, 3.05) is 6.54 Å². The standard InChI is InChI=1S/C39H78N2/c1-5-7-9-11-13-15-17-19-20-21-22-24-26-28-30-32-34-39-40(36-37-41(39)38(3)4)35-33-31-29-27-25-23-18-16-14-12-10-8-6-2/h36-39H,5-35H2,1-4H3. The highest BCUT2D eigenvalue weighted by Gasteiger charge is 2.26. The van der Waals surface area contributed by atoms with Gasteiger partial charge >= 0.3 is 0 Å². The van der Waals surface area contributed by atoms with Crippen molar-refractivity contribution < 1.29 is 0 Å². The van der Waals surface area contributed by atoms with Crippen LogP contribution in [-0.4, -0.2) is 28.6 Å². The van der Waals surface area contributed by atoms with Gasteiger partial charge in [-0.3, -0.25) is 0 Å². The van der Waals surface area contributed by atoms with Gasteiger partial charge in [-0.2, -0.15) is 0 Å². The molecule has 0 radical (unpaired) electrons. The first-order valence-electron chi connectivity index (χ1n) is 19.4. The molecule has 1 aliphatic heterocycles. The normalized spacial score (nSPS) is 15.2. The van der Waals surface area contributed by atoms with Crippen LogP contribution >= 0.6 is 0 Å². The van der Waals surface area contributed by atoms with Crippen molar-refractivity contribution in [3.05, 3.63) is 12.4 Å². The average molecular weight is 575 g/mol. The molecule has 0 aliphatic carbocycles. The van der Waals surface area contributed by atoms with E-state index in [1.165, 1.54) is 199 Å². The number of nitrogens with zero attached hydrogens (tertiary/aromatic N) is 2. The van der Waals surface area contributed by atoms with Crippen LogP contribution in [0.1, 0.15) is 220 Å². The van der Waals surface area contributed by atoms with Crippen LogP contribution in [0.5, 0.6) is 0 Å². The molecule has 0 aromatic heterocycles. The van der Waals surface area contributed by atoms with Crippen molar-refractivity contribution in [2.45, 2.75) is 233 Å². The summed E-state index contributed by atoms with van der Waals surface area (Å²) in [5, 5.41) is 0. The summed E-state index contributed by atoms with van der Waals surface area (Å²) in [5.41, 5.74) is 0. The Bertz CT molecular complexity index is 542. The summed E-state index contributed by atoms with van der Waals surface area (Å²) in [6, 6.07) is 0.606. The zero-order valence-corrected chi connectivity index (χ0v) is 29.1. The molecule has 0 N–H and O–H groups in total. The van der Waals surface area contributed by atoms with Crippen molar-refractivity contribution >= 4 is 0 Å². The Hall–Kier alpha value is -0.660. The minimum atomic E-state index is 0.606. The van der Waals surface area contributed by atoms with Gasteiger partial charge in [-0.1, -0.05) is 187 Å². The predicted molar refractivity (Wildman–Crippen MR) is 186 cm³/mol. The lowest BCUT2D eigenvalue weighted by Gasteiger charge is -2.35. The van der Waals surface area contributed by atoms with Gasteiger partial charge in [0.15, 0.2) is 0 Å². The lowest BCUT2D eigenvalue weighted by atomic mass is 10.0. The quantitative estimate of drug-likeness (QED) is 0.0737. The van der Waals surface area contributed by atoms with E-state index in [0.29, 0.717) is 12.2 Å². The molecule has 244 valence electrons. The van der Waals surface area contributed by atoms with Gasteiger partial charge < -0.3 is 9.80 Å². The maximum atomic E-state index is 2.67. The Morgan fingerprint density at radius 1 is 0.415 bits per heavy atom. The monoisotopic (exact) mass is 575 g/mol. The van der Waals surface area contributed by atoms with Crippen molar-refractivity contribution in [3.8, 4) is 0 Å². The molecular weight excluding hydrogens is 496 g/mol. The van der Waals surface area contributed by atoms with E-state index in [9.17, 15) is 0 Å². The molecule has 0 saturated heterocycles. The van der Waals surface area contributed by atoms with Crippen molar-refractivity contribution in [3.63, 3.8) is 0 Å². The van der Waals surface area contributed by atoms with Crippen LogP contribution in [0.15, 0.2) is 12.4 Å². The Morgan fingerprint density at radius 2 is 0.732 bits per heavy atom. The van der Waals surface area contributed by atoms with Crippen LogP contribution in [-0.2, 0) is 0 Å². The second-order valence-corrected chi connectivity index (χ2v) is 13.9. The zero-order valence-electron chi connectivity index (χ0n) is 29.1. The van der Waals surface area contributed by atoms with E-state index in [0.717, 1.165) is 0 Å². The van der Waals surface area contributed by atoms with Crippen LogP contribution in [0.4, 0.5) is 0 Å². The van der Waals surface area contributed by atoms with Crippen molar-refractivity contribution in [1.29, 1.82) is 0 Å². The van der Waals surface area contributed by atoms with Crippen molar-refractivity contribution in [2.24, 2.45) is 0 Å². The highest BCUT2D eigenvalue weighted by atomic mass is 15.4. The predicted octanol–water partition coefficient (Wildman–Crippen LogP) is 13.6. The Balaban J connectivity index is 1.98. The third kappa shape index (κ3) is 22.5. The van der Waals surface area contributed by atoms with Gasteiger partial charge in [0.05, 0.1) is 0 Å². The van der Waals surface area contributed by atoms with Gasteiger partial charge in [0.1, 0.15) is 6.17 Å². The Labute approximate surface area is 260 Å². The van der Waals surface area contributed by atoms with Crippen LogP contribution in [0, 0.1) is 0 Å². The number of hydrogen-bond donors (Lipinski definition) is 0. The maximum absolute atomic E-state index is 2.67. The Kier molecular flexibility index (Phi) is 27.5. The van der Waals surface area contributed by atoms with E-state index in [4.69, 9.17) is 0 Å². The molecule has 1 unspecified atom stereocenters. The fourth-order valence-corrected chi connectivity index (χ4v) is 6.77. The first-order chi connectivity index (χ1) is 20.2. The van der Waals surface area contributed by atoms with Gasteiger partial charge in [-0.05, 0) is 33.1 Å². The van der Waals surface area contributed by atoms with E-state index in [-0.39, 0.29) is 0 Å². The molecule has 0 spiro atoms. The molecule has 0 fully saturated rings. The summed E-state index contributed by atoms with van der Waals surface area (Å²) >= 11 is 0. The highest BCUT2D eigenvalue weighted by molar-refractivity contribution is 4.98. The molecule has 2 heteroatoms. The molecule has 0 amide bonds. The third-order valence-electron chi connectivity index (χ3n) is 9.59. The molecule has 2 nitrogen and oxygen atoms in total. The third-order valence-corrected chi connectivity index (χ3v) is 9.59. The van der Waals surface area contributed by atoms with Gasteiger partial charge in [0.2, 0.25) is 0 Å².